The second kappa shape index (κ2) is 6.13. The smallest absolute Gasteiger partial charge is 0.309 e. The topological polar surface area (TPSA) is 85.3 Å². The lowest BCUT2D eigenvalue weighted by atomic mass is 9.92. The summed E-state index contributed by atoms with van der Waals surface area (Å²) in [7, 11) is 6.03. The normalized spacial score (nSPS) is 20.9. The van der Waals surface area contributed by atoms with Gasteiger partial charge in [-0.25, -0.2) is 0 Å². The largest absolute Gasteiger partial charge is 0.493 e. The Labute approximate surface area is 128 Å². The highest BCUT2D eigenvalue weighted by atomic mass is 16.5. The molecule has 0 spiro atoms. The van der Waals surface area contributed by atoms with Gasteiger partial charge in [-0.05, 0) is 12.1 Å². The van der Waals surface area contributed by atoms with Gasteiger partial charge >= 0.3 is 5.97 Å². The maximum absolute atomic E-state index is 11.9. The third kappa shape index (κ3) is 2.43. The Morgan fingerprint density at radius 3 is 2.32 bits per heavy atom. The van der Waals surface area contributed by atoms with E-state index < -0.39 is 17.9 Å². The summed E-state index contributed by atoms with van der Waals surface area (Å²) in [6, 6.07) is 2.77. The first-order chi connectivity index (χ1) is 10.5. The van der Waals surface area contributed by atoms with Gasteiger partial charge in [0, 0.05) is 19.0 Å². The van der Waals surface area contributed by atoms with E-state index in [9.17, 15) is 14.7 Å². The zero-order valence-electron chi connectivity index (χ0n) is 13.0. The van der Waals surface area contributed by atoms with Gasteiger partial charge in [0.25, 0.3) is 0 Å². The minimum atomic E-state index is -1.01. The van der Waals surface area contributed by atoms with Crippen LogP contribution in [0, 0.1) is 5.92 Å². The molecular formula is C15H19NO6. The van der Waals surface area contributed by atoms with Crippen LogP contribution in [0.2, 0.25) is 0 Å². The minimum absolute atomic E-state index is 0.0337. The highest BCUT2D eigenvalue weighted by Crippen LogP contribution is 2.47. The molecule has 120 valence electrons. The molecule has 0 bridgehead atoms. The Hall–Kier alpha value is -2.44. The van der Waals surface area contributed by atoms with Gasteiger partial charge in [-0.15, -0.1) is 0 Å². The highest BCUT2D eigenvalue weighted by Gasteiger charge is 2.44. The summed E-state index contributed by atoms with van der Waals surface area (Å²) in [4.78, 5) is 24.8. The lowest BCUT2D eigenvalue weighted by Crippen LogP contribution is -2.27. The molecule has 1 aliphatic rings. The number of methoxy groups -OCH3 is 3. The van der Waals surface area contributed by atoms with Crippen LogP contribution in [0.4, 0.5) is 0 Å². The van der Waals surface area contributed by atoms with E-state index >= 15 is 0 Å². The summed E-state index contributed by atoms with van der Waals surface area (Å²) in [6.45, 7) is 0. The van der Waals surface area contributed by atoms with Crippen molar-refractivity contribution in [1.82, 2.24) is 4.90 Å². The molecule has 7 nitrogen and oxygen atoms in total. The maximum Gasteiger partial charge on any atom is 0.309 e. The minimum Gasteiger partial charge on any atom is -0.493 e. The summed E-state index contributed by atoms with van der Waals surface area (Å²) in [6.07, 6.45) is -0.0337. The average molecular weight is 309 g/mol. The van der Waals surface area contributed by atoms with Gasteiger partial charge in [-0.2, -0.15) is 0 Å². The summed E-state index contributed by atoms with van der Waals surface area (Å²) < 4.78 is 15.9. The molecule has 2 rings (SSSR count). The van der Waals surface area contributed by atoms with Crippen molar-refractivity contribution in [3.63, 3.8) is 0 Å². The van der Waals surface area contributed by atoms with E-state index in [1.807, 2.05) is 0 Å². The number of likely N-dealkylation sites (tertiary alicyclic amines) is 1. The number of rotatable bonds is 5. The fourth-order valence-electron chi connectivity index (χ4n) is 2.87. The van der Waals surface area contributed by atoms with Crippen LogP contribution in [0.3, 0.4) is 0 Å². The first kappa shape index (κ1) is 15.9. The predicted molar refractivity (Wildman–Crippen MR) is 77.4 cm³/mol. The number of carbonyl (C=O) groups is 2. The number of nitrogens with zero attached hydrogens (tertiary/aromatic N) is 1. The van der Waals surface area contributed by atoms with Crippen LogP contribution < -0.4 is 14.2 Å². The van der Waals surface area contributed by atoms with Crippen molar-refractivity contribution in [2.45, 2.75) is 12.5 Å². The van der Waals surface area contributed by atoms with Crippen molar-refractivity contribution in [3.05, 3.63) is 17.7 Å². The monoisotopic (exact) mass is 309 g/mol. The molecule has 0 radical (unpaired) electrons. The molecule has 1 aromatic rings. The number of hydrogen-bond acceptors (Lipinski definition) is 5. The number of amides is 1. The van der Waals surface area contributed by atoms with E-state index in [0.717, 1.165) is 0 Å². The lowest BCUT2D eigenvalue weighted by molar-refractivity contribution is -0.142. The van der Waals surface area contributed by atoms with Gasteiger partial charge in [-0.1, -0.05) is 0 Å². The Bertz CT molecular complexity index is 600. The van der Waals surface area contributed by atoms with Crippen LogP contribution in [0.15, 0.2) is 12.1 Å². The Morgan fingerprint density at radius 1 is 1.18 bits per heavy atom. The summed E-state index contributed by atoms with van der Waals surface area (Å²) in [5, 5.41) is 9.40. The Balaban J connectivity index is 2.60. The Kier molecular flexibility index (Phi) is 4.44. The average Bonchev–Trinajstić information content (AvgIpc) is 2.81. The number of benzene rings is 1. The number of carbonyl (C=O) groups excluding carboxylic acids is 1. The van der Waals surface area contributed by atoms with E-state index in [-0.39, 0.29) is 12.3 Å². The zero-order chi connectivity index (χ0) is 16.4. The third-order valence-electron chi connectivity index (χ3n) is 3.96. The van der Waals surface area contributed by atoms with Crippen molar-refractivity contribution < 1.29 is 28.9 Å². The fraction of sp³-hybridized carbons (Fsp3) is 0.467. The maximum atomic E-state index is 11.9. The van der Waals surface area contributed by atoms with E-state index in [4.69, 9.17) is 14.2 Å². The number of carboxylic acids is 1. The van der Waals surface area contributed by atoms with Gasteiger partial charge in [0.1, 0.15) is 0 Å². The molecule has 0 saturated carbocycles. The quantitative estimate of drug-likeness (QED) is 0.883. The third-order valence-corrected chi connectivity index (χ3v) is 3.96. The molecular weight excluding hydrogens is 290 g/mol. The Morgan fingerprint density at radius 2 is 1.82 bits per heavy atom. The number of carboxylic acid groups (broad SMARTS) is 1. The van der Waals surface area contributed by atoms with Crippen molar-refractivity contribution in [3.8, 4) is 17.2 Å². The second-order valence-electron chi connectivity index (χ2n) is 5.02. The molecule has 1 N–H and O–H groups in total. The van der Waals surface area contributed by atoms with Crippen LogP contribution in [0.25, 0.3) is 0 Å². The molecule has 2 atom stereocenters. The number of hydrogen-bond donors (Lipinski definition) is 1. The molecule has 1 heterocycles. The van der Waals surface area contributed by atoms with Crippen molar-refractivity contribution in [2.75, 3.05) is 28.4 Å². The van der Waals surface area contributed by atoms with Crippen LogP contribution in [0.1, 0.15) is 18.0 Å². The molecule has 0 aliphatic carbocycles. The summed E-state index contributed by atoms with van der Waals surface area (Å²) in [5.41, 5.74) is 0.584. The van der Waals surface area contributed by atoms with Crippen molar-refractivity contribution in [1.29, 1.82) is 0 Å². The standard InChI is InChI=1S/C15H19NO6/c1-16-11(17)7-9(15(18)19)12(16)8-5-6-10(20-2)14(22-4)13(8)21-3/h5-6,9,12H,7H2,1-4H3,(H,18,19)/t9-,12-/m1/s1. The highest BCUT2D eigenvalue weighted by molar-refractivity contribution is 5.87. The van der Waals surface area contributed by atoms with Crippen molar-refractivity contribution in [2.24, 2.45) is 5.92 Å². The molecule has 1 saturated heterocycles. The lowest BCUT2D eigenvalue weighted by Gasteiger charge is -2.26. The predicted octanol–water partition coefficient (Wildman–Crippen LogP) is 1.32. The van der Waals surface area contributed by atoms with Crippen LogP contribution in [-0.4, -0.2) is 50.3 Å². The van der Waals surface area contributed by atoms with Gasteiger partial charge in [0.05, 0.1) is 33.3 Å². The molecule has 1 aliphatic heterocycles. The number of ether oxygens (including phenoxy) is 3. The van der Waals surface area contributed by atoms with Crippen LogP contribution in [-0.2, 0) is 9.59 Å². The fourth-order valence-corrected chi connectivity index (χ4v) is 2.87. The van der Waals surface area contributed by atoms with Crippen LogP contribution in [0.5, 0.6) is 17.2 Å². The van der Waals surface area contributed by atoms with Gasteiger partial charge in [0.15, 0.2) is 11.5 Å². The molecule has 1 amide bonds. The van der Waals surface area contributed by atoms with E-state index in [1.54, 1.807) is 19.2 Å². The first-order valence-electron chi connectivity index (χ1n) is 6.73. The van der Waals surface area contributed by atoms with E-state index in [0.29, 0.717) is 22.8 Å². The molecule has 7 heteroatoms. The SMILES string of the molecule is COc1ccc([C@@H]2[C@H](C(=O)O)CC(=O)N2C)c(OC)c1OC. The molecule has 0 aromatic heterocycles. The van der Waals surface area contributed by atoms with Gasteiger partial charge in [-0.3, -0.25) is 9.59 Å². The zero-order valence-corrected chi connectivity index (χ0v) is 13.0. The second-order valence-corrected chi connectivity index (χ2v) is 5.02. The van der Waals surface area contributed by atoms with E-state index in [1.165, 1.54) is 26.2 Å². The van der Waals surface area contributed by atoms with Crippen LogP contribution >= 0.6 is 0 Å². The van der Waals surface area contributed by atoms with Gasteiger partial charge in [0.2, 0.25) is 11.7 Å². The van der Waals surface area contributed by atoms with E-state index in [2.05, 4.69) is 0 Å². The molecule has 0 unspecified atom stereocenters. The summed E-state index contributed by atoms with van der Waals surface area (Å²) in [5.74, 6) is -0.834. The molecule has 1 aromatic carbocycles. The summed E-state index contributed by atoms with van der Waals surface area (Å²) >= 11 is 0. The molecule has 22 heavy (non-hydrogen) atoms. The molecule has 1 fully saturated rings. The van der Waals surface area contributed by atoms with Crippen molar-refractivity contribution >= 4 is 11.9 Å². The van der Waals surface area contributed by atoms with Gasteiger partial charge < -0.3 is 24.2 Å². The first-order valence-corrected chi connectivity index (χ1v) is 6.73. The number of aliphatic carboxylic acids is 1.